The number of halogens is 1. The van der Waals surface area contributed by atoms with Gasteiger partial charge in [-0.3, -0.25) is 4.90 Å². The van der Waals surface area contributed by atoms with Gasteiger partial charge in [-0.25, -0.2) is 4.39 Å². The molecule has 0 radical (unpaired) electrons. The highest BCUT2D eigenvalue weighted by Gasteiger charge is 2.51. The summed E-state index contributed by atoms with van der Waals surface area (Å²) in [5.41, 5.74) is 1.88. The predicted octanol–water partition coefficient (Wildman–Crippen LogP) is 3.16. The van der Waals surface area contributed by atoms with Crippen LogP contribution in [-0.4, -0.2) is 60.8 Å². The molecule has 2 saturated heterocycles. The van der Waals surface area contributed by atoms with Crippen molar-refractivity contribution >= 4 is 0 Å². The molecule has 156 valence electrons. The van der Waals surface area contributed by atoms with Crippen LogP contribution in [0.1, 0.15) is 17.5 Å². The molecular weight excluding hydrogens is 367 g/mol. The van der Waals surface area contributed by atoms with Gasteiger partial charge in [-0.05, 0) is 24.0 Å². The normalized spacial score (nSPS) is 24.8. The molecule has 2 unspecified atom stereocenters. The molecule has 0 amide bonds. The van der Waals surface area contributed by atoms with Crippen LogP contribution < -0.4 is 0 Å². The quantitative estimate of drug-likeness (QED) is 0.659. The van der Waals surface area contributed by atoms with E-state index in [1.165, 1.54) is 11.6 Å². The minimum atomic E-state index is -0.139. The molecule has 1 N–H and O–H groups in total. The standard InChI is InChI=1S/C24H31FN2O2/c25-23-10-5-4-9-21(23)13-27-15-22-14-26(17-24(22,18-27)19-28)11-6-12-29-16-20-7-2-1-3-8-20/h1-5,7-10,22,28H,6,11-19H2. The van der Waals surface area contributed by atoms with E-state index in [9.17, 15) is 9.50 Å². The van der Waals surface area contributed by atoms with Gasteiger partial charge in [0.05, 0.1) is 13.2 Å². The van der Waals surface area contributed by atoms with Crippen LogP contribution in [0, 0.1) is 17.2 Å². The summed E-state index contributed by atoms with van der Waals surface area (Å²) in [5.74, 6) is 0.309. The van der Waals surface area contributed by atoms with E-state index in [-0.39, 0.29) is 17.8 Å². The molecule has 2 aromatic carbocycles. The van der Waals surface area contributed by atoms with E-state index in [0.717, 1.165) is 51.3 Å². The van der Waals surface area contributed by atoms with Crippen molar-refractivity contribution in [2.45, 2.75) is 19.6 Å². The van der Waals surface area contributed by atoms with E-state index in [1.54, 1.807) is 6.07 Å². The Balaban J connectivity index is 1.22. The van der Waals surface area contributed by atoms with Crippen LogP contribution in [0.5, 0.6) is 0 Å². The molecular formula is C24H31FN2O2. The Morgan fingerprint density at radius 3 is 2.48 bits per heavy atom. The number of hydrogen-bond acceptors (Lipinski definition) is 4. The van der Waals surface area contributed by atoms with Gasteiger partial charge >= 0.3 is 0 Å². The van der Waals surface area contributed by atoms with E-state index in [4.69, 9.17) is 4.74 Å². The minimum Gasteiger partial charge on any atom is -0.396 e. The summed E-state index contributed by atoms with van der Waals surface area (Å²) in [6.45, 7) is 6.93. The average Bonchev–Trinajstić information content (AvgIpc) is 3.24. The third-order valence-corrected chi connectivity index (χ3v) is 6.44. The number of aliphatic hydroxyl groups is 1. The highest BCUT2D eigenvalue weighted by Crippen LogP contribution is 2.42. The Morgan fingerprint density at radius 1 is 1.00 bits per heavy atom. The molecule has 2 atom stereocenters. The summed E-state index contributed by atoms with van der Waals surface area (Å²) in [6, 6.07) is 17.2. The van der Waals surface area contributed by atoms with Gasteiger partial charge in [0.2, 0.25) is 0 Å². The SMILES string of the molecule is OCC12CN(CCCOCc3ccccc3)CC1CN(Cc1ccccc1F)C2. The van der Waals surface area contributed by atoms with Crippen LogP contribution in [0.25, 0.3) is 0 Å². The number of rotatable bonds is 9. The zero-order valence-corrected chi connectivity index (χ0v) is 17.0. The van der Waals surface area contributed by atoms with E-state index < -0.39 is 0 Å². The van der Waals surface area contributed by atoms with Gasteiger partial charge in [-0.2, -0.15) is 0 Å². The van der Waals surface area contributed by atoms with E-state index in [1.807, 2.05) is 30.3 Å². The van der Waals surface area contributed by atoms with Crippen LogP contribution in [0.3, 0.4) is 0 Å². The first-order valence-electron chi connectivity index (χ1n) is 10.6. The minimum absolute atomic E-state index is 0.0733. The number of nitrogens with zero attached hydrogens (tertiary/aromatic N) is 2. The Bertz CT molecular complexity index is 787. The lowest BCUT2D eigenvalue weighted by atomic mass is 9.82. The lowest BCUT2D eigenvalue weighted by Gasteiger charge is -2.27. The maximum atomic E-state index is 14.0. The van der Waals surface area contributed by atoms with E-state index in [0.29, 0.717) is 19.1 Å². The molecule has 4 rings (SSSR count). The first-order valence-corrected chi connectivity index (χ1v) is 10.6. The van der Waals surface area contributed by atoms with Gasteiger partial charge in [-0.15, -0.1) is 0 Å². The van der Waals surface area contributed by atoms with Gasteiger partial charge in [0.15, 0.2) is 0 Å². The van der Waals surface area contributed by atoms with Crippen molar-refractivity contribution in [3.63, 3.8) is 0 Å². The van der Waals surface area contributed by atoms with Crippen molar-refractivity contribution in [2.75, 3.05) is 45.9 Å². The molecule has 29 heavy (non-hydrogen) atoms. The highest BCUT2D eigenvalue weighted by atomic mass is 19.1. The largest absolute Gasteiger partial charge is 0.396 e. The number of benzene rings is 2. The smallest absolute Gasteiger partial charge is 0.127 e. The van der Waals surface area contributed by atoms with Crippen LogP contribution in [0.4, 0.5) is 4.39 Å². The van der Waals surface area contributed by atoms with Crippen LogP contribution in [-0.2, 0) is 17.9 Å². The second kappa shape index (κ2) is 9.35. The van der Waals surface area contributed by atoms with E-state index >= 15 is 0 Å². The molecule has 2 aromatic rings. The third kappa shape index (κ3) is 4.86. The van der Waals surface area contributed by atoms with Gasteiger partial charge < -0.3 is 14.7 Å². The van der Waals surface area contributed by atoms with Crippen molar-refractivity contribution in [1.82, 2.24) is 9.80 Å². The second-order valence-electron chi connectivity index (χ2n) is 8.61. The maximum Gasteiger partial charge on any atom is 0.127 e. The molecule has 0 saturated carbocycles. The zero-order valence-electron chi connectivity index (χ0n) is 17.0. The van der Waals surface area contributed by atoms with Gasteiger partial charge in [0, 0.05) is 56.9 Å². The summed E-state index contributed by atoms with van der Waals surface area (Å²) in [5, 5.41) is 10.2. The molecule has 2 aliphatic rings. The summed E-state index contributed by atoms with van der Waals surface area (Å²) in [7, 11) is 0. The molecule has 5 heteroatoms. The van der Waals surface area contributed by atoms with Crippen LogP contribution >= 0.6 is 0 Å². The second-order valence-corrected chi connectivity index (χ2v) is 8.61. The molecule has 2 heterocycles. The Labute approximate surface area is 172 Å². The van der Waals surface area contributed by atoms with Crippen molar-refractivity contribution < 1.29 is 14.2 Å². The number of likely N-dealkylation sites (tertiary alicyclic amines) is 2. The number of hydrogen-bond donors (Lipinski definition) is 1. The fraction of sp³-hybridized carbons (Fsp3) is 0.500. The topological polar surface area (TPSA) is 35.9 Å². The zero-order chi connectivity index (χ0) is 20.1. The fourth-order valence-corrected chi connectivity index (χ4v) is 4.94. The molecule has 0 aromatic heterocycles. The molecule has 4 nitrogen and oxygen atoms in total. The molecule has 0 spiro atoms. The lowest BCUT2D eigenvalue weighted by Crippen LogP contribution is -2.37. The average molecular weight is 399 g/mol. The Kier molecular flexibility index (Phi) is 6.60. The van der Waals surface area contributed by atoms with Gasteiger partial charge in [0.1, 0.15) is 5.82 Å². The summed E-state index contributed by atoms with van der Waals surface area (Å²) in [4.78, 5) is 4.77. The Morgan fingerprint density at radius 2 is 1.72 bits per heavy atom. The summed E-state index contributed by atoms with van der Waals surface area (Å²) in [6.07, 6.45) is 1.00. The fourth-order valence-electron chi connectivity index (χ4n) is 4.94. The number of ether oxygens (including phenoxy) is 1. The predicted molar refractivity (Wildman–Crippen MR) is 112 cm³/mol. The van der Waals surface area contributed by atoms with Crippen LogP contribution in [0.15, 0.2) is 54.6 Å². The monoisotopic (exact) mass is 398 g/mol. The lowest BCUT2D eigenvalue weighted by molar-refractivity contribution is 0.0977. The molecule has 2 aliphatic heterocycles. The Hall–Kier alpha value is -1.79. The summed E-state index contributed by atoms with van der Waals surface area (Å²) < 4.78 is 19.8. The molecule has 0 bridgehead atoms. The van der Waals surface area contributed by atoms with Crippen LogP contribution in [0.2, 0.25) is 0 Å². The maximum absolute atomic E-state index is 14.0. The first kappa shape index (κ1) is 20.5. The molecule has 0 aliphatic carbocycles. The van der Waals surface area contributed by atoms with Gasteiger partial charge in [-0.1, -0.05) is 48.5 Å². The third-order valence-electron chi connectivity index (χ3n) is 6.44. The molecule has 2 fully saturated rings. The summed E-state index contributed by atoms with van der Waals surface area (Å²) >= 11 is 0. The number of fused-ring (bicyclic) bond motifs is 1. The van der Waals surface area contributed by atoms with Crippen molar-refractivity contribution in [1.29, 1.82) is 0 Å². The highest BCUT2D eigenvalue weighted by molar-refractivity contribution is 5.18. The van der Waals surface area contributed by atoms with Crippen molar-refractivity contribution in [2.24, 2.45) is 11.3 Å². The van der Waals surface area contributed by atoms with E-state index in [2.05, 4.69) is 21.9 Å². The van der Waals surface area contributed by atoms with Crippen molar-refractivity contribution in [3.8, 4) is 0 Å². The first-order chi connectivity index (χ1) is 14.2. The van der Waals surface area contributed by atoms with Gasteiger partial charge in [0.25, 0.3) is 0 Å². The van der Waals surface area contributed by atoms with Crippen molar-refractivity contribution in [3.05, 3.63) is 71.5 Å². The number of aliphatic hydroxyl groups excluding tert-OH is 1.